The van der Waals surface area contributed by atoms with Crippen LogP contribution >= 0.6 is 0 Å². The van der Waals surface area contributed by atoms with Crippen LogP contribution in [0.15, 0.2) is 35.4 Å². The second-order valence-electron chi connectivity index (χ2n) is 3.82. The first kappa shape index (κ1) is 12.3. The van der Waals surface area contributed by atoms with Gasteiger partial charge in [0, 0.05) is 11.9 Å². The molecular formula is C12H9FN2O2S. The van der Waals surface area contributed by atoms with Gasteiger partial charge in [0.2, 0.25) is 0 Å². The van der Waals surface area contributed by atoms with Crippen LogP contribution in [0.4, 0.5) is 4.39 Å². The number of nitrogens with one attached hydrogen (secondary N) is 1. The van der Waals surface area contributed by atoms with Gasteiger partial charge in [0.05, 0.1) is 5.56 Å². The van der Waals surface area contributed by atoms with E-state index in [0.29, 0.717) is 11.3 Å². The van der Waals surface area contributed by atoms with Gasteiger partial charge in [0.25, 0.3) is 0 Å². The first-order valence-electron chi connectivity index (χ1n) is 5.01. The minimum absolute atomic E-state index is 0.0526. The molecule has 6 heteroatoms. The van der Waals surface area contributed by atoms with E-state index in [1.54, 1.807) is 0 Å². The molecule has 2 rings (SSSR count). The Bertz CT molecular complexity index is 724. The lowest BCUT2D eigenvalue weighted by Crippen LogP contribution is -1.99. The number of H-pyrrole nitrogens is 1. The van der Waals surface area contributed by atoms with Gasteiger partial charge in [0.15, 0.2) is 14.9 Å². The first-order chi connectivity index (χ1) is 8.41. The van der Waals surface area contributed by atoms with Gasteiger partial charge in [-0.2, -0.15) is 5.26 Å². The van der Waals surface area contributed by atoms with Crippen LogP contribution in [0, 0.1) is 17.1 Å². The fourth-order valence-corrected chi connectivity index (χ4v) is 2.40. The van der Waals surface area contributed by atoms with Gasteiger partial charge >= 0.3 is 0 Å². The van der Waals surface area contributed by atoms with Crippen molar-refractivity contribution in [2.45, 2.75) is 5.03 Å². The summed E-state index contributed by atoms with van der Waals surface area (Å²) in [5.41, 5.74) is 1.13. The summed E-state index contributed by atoms with van der Waals surface area (Å²) in [4.78, 5) is 2.68. The second-order valence-corrected chi connectivity index (χ2v) is 5.77. The second kappa shape index (κ2) is 4.27. The first-order valence-corrected chi connectivity index (χ1v) is 6.90. The van der Waals surface area contributed by atoms with Crippen LogP contribution in [0.25, 0.3) is 11.3 Å². The van der Waals surface area contributed by atoms with Crippen LogP contribution in [0.5, 0.6) is 0 Å². The highest BCUT2D eigenvalue weighted by Crippen LogP contribution is 2.24. The Labute approximate surface area is 104 Å². The molecule has 0 radical (unpaired) electrons. The maximum Gasteiger partial charge on any atom is 0.192 e. The fourth-order valence-electron chi connectivity index (χ4n) is 1.60. The summed E-state index contributed by atoms with van der Waals surface area (Å²) < 4.78 is 35.7. The molecule has 18 heavy (non-hydrogen) atoms. The molecule has 0 aliphatic carbocycles. The summed E-state index contributed by atoms with van der Waals surface area (Å²) in [5, 5.41) is 8.77. The highest BCUT2D eigenvalue weighted by atomic mass is 32.2. The summed E-state index contributed by atoms with van der Waals surface area (Å²) in [6, 6.07) is 8.80. The van der Waals surface area contributed by atoms with E-state index in [1.165, 1.54) is 30.3 Å². The molecule has 0 bridgehead atoms. The molecule has 0 saturated carbocycles. The number of benzene rings is 1. The zero-order chi connectivity index (χ0) is 13.3. The molecule has 92 valence electrons. The van der Waals surface area contributed by atoms with Crippen molar-refractivity contribution in [1.82, 2.24) is 4.98 Å². The van der Waals surface area contributed by atoms with E-state index in [1.807, 2.05) is 6.07 Å². The minimum Gasteiger partial charge on any atom is -0.345 e. The zero-order valence-electron chi connectivity index (χ0n) is 9.44. The summed E-state index contributed by atoms with van der Waals surface area (Å²) in [6.07, 6.45) is 1.02. The number of aromatic nitrogens is 1. The molecule has 0 aliphatic rings. The van der Waals surface area contributed by atoms with Crippen molar-refractivity contribution in [3.8, 4) is 17.3 Å². The number of hydrogen-bond donors (Lipinski definition) is 1. The molecule has 0 atom stereocenters. The van der Waals surface area contributed by atoms with Crippen molar-refractivity contribution in [1.29, 1.82) is 5.26 Å². The van der Waals surface area contributed by atoms with Crippen LogP contribution in [0.3, 0.4) is 0 Å². The molecule has 4 nitrogen and oxygen atoms in total. The Morgan fingerprint density at radius 2 is 1.89 bits per heavy atom. The third-order valence-corrected chi connectivity index (χ3v) is 3.49. The topological polar surface area (TPSA) is 73.7 Å². The van der Waals surface area contributed by atoms with Crippen molar-refractivity contribution in [2.24, 2.45) is 0 Å². The molecule has 2 aromatic rings. The lowest BCUT2D eigenvalue weighted by atomic mass is 10.1. The van der Waals surface area contributed by atoms with Gasteiger partial charge in [-0.3, -0.25) is 0 Å². The molecule has 1 heterocycles. The van der Waals surface area contributed by atoms with Gasteiger partial charge in [-0.15, -0.1) is 0 Å². The van der Waals surface area contributed by atoms with E-state index < -0.39 is 9.84 Å². The van der Waals surface area contributed by atoms with Gasteiger partial charge in [-0.25, -0.2) is 12.8 Å². The molecule has 0 fully saturated rings. The molecule has 0 saturated heterocycles. The number of nitriles is 1. The average molecular weight is 264 g/mol. The highest BCUT2D eigenvalue weighted by molar-refractivity contribution is 7.90. The predicted octanol–water partition coefficient (Wildman–Crippen LogP) is 2.10. The van der Waals surface area contributed by atoms with Crippen molar-refractivity contribution in [3.63, 3.8) is 0 Å². The zero-order valence-corrected chi connectivity index (χ0v) is 10.3. The summed E-state index contributed by atoms with van der Waals surface area (Å²) in [5.74, 6) is -0.380. The predicted molar refractivity (Wildman–Crippen MR) is 64.0 cm³/mol. The van der Waals surface area contributed by atoms with Crippen molar-refractivity contribution in [2.75, 3.05) is 6.26 Å². The van der Waals surface area contributed by atoms with Crippen molar-refractivity contribution < 1.29 is 12.8 Å². The van der Waals surface area contributed by atoms with E-state index in [2.05, 4.69) is 4.98 Å². The Kier molecular flexibility index (Phi) is 2.93. The van der Waals surface area contributed by atoms with Crippen LogP contribution < -0.4 is 0 Å². The minimum atomic E-state index is -3.49. The van der Waals surface area contributed by atoms with Crippen molar-refractivity contribution in [3.05, 3.63) is 41.7 Å². The van der Waals surface area contributed by atoms with E-state index >= 15 is 0 Å². The van der Waals surface area contributed by atoms with E-state index in [9.17, 15) is 12.8 Å². The normalized spacial score (nSPS) is 11.2. The fraction of sp³-hybridized carbons (Fsp3) is 0.0833. The smallest absolute Gasteiger partial charge is 0.192 e. The monoisotopic (exact) mass is 264 g/mol. The molecule has 1 N–H and O–H groups in total. The summed E-state index contributed by atoms with van der Waals surface area (Å²) >= 11 is 0. The van der Waals surface area contributed by atoms with Crippen LogP contribution in [0.1, 0.15) is 5.56 Å². The number of hydrogen-bond acceptors (Lipinski definition) is 3. The molecule has 0 aliphatic heterocycles. The van der Waals surface area contributed by atoms with Gasteiger partial charge in [-0.1, -0.05) is 0 Å². The Hall–Kier alpha value is -2.13. The molecule has 1 aromatic carbocycles. The number of halogens is 1. The van der Waals surface area contributed by atoms with Crippen LogP contribution in [-0.4, -0.2) is 19.7 Å². The van der Waals surface area contributed by atoms with Gasteiger partial charge in [0.1, 0.15) is 11.9 Å². The third-order valence-electron chi connectivity index (χ3n) is 2.43. The van der Waals surface area contributed by atoms with E-state index in [4.69, 9.17) is 5.26 Å². The maximum atomic E-state index is 12.8. The van der Waals surface area contributed by atoms with Gasteiger partial charge < -0.3 is 4.98 Å². The molecule has 0 spiro atoms. The highest BCUT2D eigenvalue weighted by Gasteiger charge is 2.17. The Balaban J connectivity index is 2.59. The number of rotatable bonds is 2. The Morgan fingerprint density at radius 1 is 1.28 bits per heavy atom. The Morgan fingerprint density at radius 3 is 2.33 bits per heavy atom. The van der Waals surface area contributed by atoms with E-state index in [-0.39, 0.29) is 16.4 Å². The lowest BCUT2D eigenvalue weighted by molar-refractivity contribution is 0.598. The molecule has 1 aromatic heterocycles. The number of sulfone groups is 1. The van der Waals surface area contributed by atoms with Gasteiger partial charge in [-0.05, 0) is 35.9 Å². The number of aromatic amines is 1. The lowest BCUT2D eigenvalue weighted by Gasteiger charge is -1.97. The number of nitrogens with zero attached hydrogens (tertiary/aromatic N) is 1. The SMILES string of the molecule is CS(=O)(=O)c1[nH]c(-c2ccc(F)cc2)cc1C#N. The quantitative estimate of drug-likeness (QED) is 0.902. The van der Waals surface area contributed by atoms with E-state index in [0.717, 1.165) is 6.26 Å². The maximum absolute atomic E-state index is 12.8. The average Bonchev–Trinajstić information content (AvgIpc) is 2.73. The largest absolute Gasteiger partial charge is 0.345 e. The summed E-state index contributed by atoms with van der Waals surface area (Å²) in [7, 11) is -3.49. The van der Waals surface area contributed by atoms with Crippen LogP contribution in [-0.2, 0) is 9.84 Å². The summed E-state index contributed by atoms with van der Waals surface area (Å²) in [6.45, 7) is 0. The molecule has 0 unspecified atom stereocenters. The molecule has 0 amide bonds. The molecular weight excluding hydrogens is 255 g/mol. The third kappa shape index (κ3) is 2.26. The standard InChI is InChI=1S/C12H9FN2O2S/c1-18(16,17)12-9(7-14)6-11(15-12)8-2-4-10(13)5-3-8/h2-6,15H,1H3. The van der Waals surface area contributed by atoms with Crippen molar-refractivity contribution >= 4 is 9.84 Å². The van der Waals surface area contributed by atoms with Crippen LogP contribution in [0.2, 0.25) is 0 Å².